The molecule has 3 saturated heterocycles. The van der Waals surface area contributed by atoms with Gasteiger partial charge in [0.2, 0.25) is 11.8 Å². The summed E-state index contributed by atoms with van der Waals surface area (Å²) in [6.07, 6.45) is 6.92. The van der Waals surface area contributed by atoms with Crippen LogP contribution in [0.25, 0.3) is 0 Å². The molecule has 2 bridgehead atoms. The molecule has 3 aliphatic carbocycles. The van der Waals surface area contributed by atoms with Gasteiger partial charge >= 0.3 is 13.2 Å². The summed E-state index contributed by atoms with van der Waals surface area (Å²) in [7, 11) is -0.498. The van der Waals surface area contributed by atoms with Crippen molar-refractivity contribution in [1.29, 1.82) is 0 Å². The van der Waals surface area contributed by atoms with E-state index in [1.807, 2.05) is 0 Å². The fourth-order valence-electron chi connectivity index (χ4n) is 8.01. The van der Waals surface area contributed by atoms with Crippen molar-refractivity contribution < 1.29 is 61.1 Å². The molecule has 6 rings (SSSR count). The van der Waals surface area contributed by atoms with Crippen LogP contribution in [0.2, 0.25) is 0 Å². The summed E-state index contributed by atoms with van der Waals surface area (Å²) in [4.78, 5) is 41.8. The molecule has 6 fully saturated rings. The SMILES string of the molecule is [CH2-]C1CC2C(=O)NC(B3OC4CC5CC(C5(C)C)C4(C)O3)CCCCCCC(NC(=O)OC(C)(C)C)C(=O)N2C1.[CH3-].[Y]. The van der Waals surface area contributed by atoms with Crippen molar-refractivity contribution in [3.63, 3.8) is 0 Å². The number of nitrogens with zero attached hydrogens (tertiary/aromatic N) is 1. The third kappa shape index (κ3) is 7.07. The summed E-state index contributed by atoms with van der Waals surface area (Å²) in [5.41, 5.74) is -0.770. The standard InChI is InChI=1S/C30H49BN3O6.CH3.Y/c1-18-14-21-25(35)33-24(31-39-23-16-19-15-22(29(19,5)6)30(23,7)40-31)13-11-9-8-10-12-20(26(36)34(21)17-18)32-27(37)38-28(2,3)4;;/h18-24H,1,8-17H2,2-7H3,(H,32,37)(H,33,35);1H3;/q2*-1;. The van der Waals surface area contributed by atoms with Gasteiger partial charge in [-0.05, 0) is 83.6 Å². The Morgan fingerprint density at radius 1 is 1.10 bits per heavy atom. The molecule has 0 aromatic heterocycles. The van der Waals surface area contributed by atoms with E-state index in [4.69, 9.17) is 14.0 Å². The summed E-state index contributed by atoms with van der Waals surface area (Å²) in [5.74, 6) is 0.305. The molecule has 6 aliphatic rings. The average molecular weight is 662 g/mol. The summed E-state index contributed by atoms with van der Waals surface area (Å²) in [6.45, 7) is 16.8. The van der Waals surface area contributed by atoms with Crippen LogP contribution in [0.1, 0.15) is 99.3 Å². The first kappa shape index (κ1) is 35.8. The summed E-state index contributed by atoms with van der Waals surface area (Å²) >= 11 is 0. The summed E-state index contributed by atoms with van der Waals surface area (Å²) < 4.78 is 18.7. The maximum atomic E-state index is 13.8. The molecule has 235 valence electrons. The molecule has 3 aliphatic heterocycles. The summed E-state index contributed by atoms with van der Waals surface area (Å²) in [6, 6.07) is -1.39. The molecule has 0 aromatic carbocycles. The maximum Gasteiger partial charge on any atom is 0.481 e. The minimum Gasteiger partial charge on any atom is -0.444 e. The van der Waals surface area contributed by atoms with Crippen LogP contribution in [-0.2, 0) is 56.3 Å². The Morgan fingerprint density at radius 2 is 1.76 bits per heavy atom. The monoisotopic (exact) mass is 662 g/mol. The van der Waals surface area contributed by atoms with Crippen LogP contribution in [-0.4, -0.2) is 71.8 Å². The number of ether oxygens (including phenoxy) is 1. The number of alkyl carbamates (subject to hydrolysis) is 1. The second kappa shape index (κ2) is 13.3. The van der Waals surface area contributed by atoms with Gasteiger partial charge in [-0.3, -0.25) is 9.59 Å². The van der Waals surface area contributed by atoms with E-state index in [1.54, 1.807) is 25.7 Å². The van der Waals surface area contributed by atoms with Crippen molar-refractivity contribution in [1.82, 2.24) is 15.5 Å². The molecule has 0 spiro atoms. The van der Waals surface area contributed by atoms with Crippen LogP contribution in [0.3, 0.4) is 0 Å². The van der Waals surface area contributed by atoms with Crippen LogP contribution in [0, 0.1) is 37.5 Å². The van der Waals surface area contributed by atoms with Crippen LogP contribution in [0.5, 0.6) is 0 Å². The fraction of sp³-hybridized carbons (Fsp3) is 0.839. The van der Waals surface area contributed by atoms with E-state index < -0.39 is 30.9 Å². The number of carbonyl (C=O) groups is 3. The predicted octanol–water partition coefficient (Wildman–Crippen LogP) is 4.49. The van der Waals surface area contributed by atoms with E-state index in [2.05, 4.69) is 38.3 Å². The zero-order valence-corrected chi connectivity index (χ0v) is 29.7. The zero-order valence-electron chi connectivity index (χ0n) is 26.9. The Bertz CT molecular complexity index is 1010. The first-order valence-corrected chi connectivity index (χ1v) is 15.5. The van der Waals surface area contributed by atoms with Gasteiger partial charge in [0.1, 0.15) is 17.7 Å². The third-order valence-electron chi connectivity index (χ3n) is 10.3. The van der Waals surface area contributed by atoms with Gasteiger partial charge in [-0.25, -0.2) is 4.79 Å². The Morgan fingerprint density at radius 3 is 2.40 bits per heavy atom. The van der Waals surface area contributed by atoms with Crippen molar-refractivity contribution in [2.24, 2.45) is 23.2 Å². The zero-order chi connectivity index (χ0) is 29.0. The van der Waals surface area contributed by atoms with Crippen molar-refractivity contribution in [3.05, 3.63) is 14.4 Å². The van der Waals surface area contributed by atoms with Crippen molar-refractivity contribution in [2.75, 3.05) is 6.54 Å². The first-order chi connectivity index (χ1) is 18.7. The van der Waals surface area contributed by atoms with E-state index in [1.165, 1.54) is 6.42 Å². The number of carbonyl (C=O) groups excluding carboxylic acids is 3. The molecule has 42 heavy (non-hydrogen) atoms. The van der Waals surface area contributed by atoms with E-state index in [0.29, 0.717) is 31.2 Å². The number of fused-ring (bicyclic) bond motifs is 1. The van der Waals surface area contributed by atoms with Gasteiger partial charge in [-0.15, -0.1) is 5.92 Å². The minimum atomic E-state index is -0.744. The van der Waals surface area contributed by atoms with Gasteiger partial charge in [0.05, 0.1) is 17.6 Å². The van der Waals surface area contributed by atoms with Gasteiger partial charge in [0, 0.05) is 32.7 Å². The molecule has 8 atom stereocenters. The van der Waals surface area contributed by atoms with Crippen LogP contribution < -0.4 is 10.6 Å². The van der Waals surface area contributed by atoms with Gasteiger partial charge < -0.3 is 43.9 Å². The van der Waals surface area contributed by atoms with E-state index >= 15 is 0 Å². The molecule has 0 aromatic rings. The quantitative estimate of drug-likeness (QED) is 0.334. The Hall–Kier alpha value is -0.701. The van der Waals surface area contributed by atoms with E-state index in [0.717, 1.165) is 38.5 Å². The molecule has 3 saturated carbocycles. The largest absolute Gasteiger partial charge is 0.481 e. The third-order valence-corrected chi connectivity index (χ3v) is 10.3. The molecule has 11 heteroatoms. The molecule has 8 unspecified atom stereocenters. The smallest absolute Gasteiger partial charge is 0.444 e. The molecular formula is C31H52BN3O6Y-2. The average Bonchev–Trinajstić information content (AvgIpc) is 3.41. The van der Waals surface area contributed by atoms with Gasteiger partial charge in [-0.1, -0.05) is 39.5 Å². The molecule has 9 nitrogen and oxygen atoms in total. The number of hydrogen-bond acceptors (Lipinski definition) is 6. The molecule has 1 radical (unpaired) electrons. The maximum absolute atomic E-state index is 13.8. The number of hydrogen-bond donors (Lipinski definition) is 2. The fourth-order valence-corrected chi connectivity index (χ4v) is 8.01. The van der Waals surface area contributed by atoms with Crippen molar-refractivity contribution in [2.45, 2.75) is 135 Å². The Labute approximate surface area is 279 Å². The molecule has 2 N–H and O–H groups in total. The van der Waals surface area contributed by atoms with Crippen LogP contribution in [0.4, 0.5) is 4.79 Å². The molecule has 3 heterocycles. The second-order valence-corrected chi connectivity index (χ2v) is 14.8. The Kier molecular flexibility index (Phi) is 11.4. The summed E-state index contributed by atoms with van der Waals surface area (Å²) in [5, 5.41) is 6.04. The minimum absolute atomic E-state index is 0. The van der Waals surface area contributed by atoms with Crippen molar-refractivity contribution in [3.8, 4) is 0 Å². The normalized spacial score (nSPS) is 38.1. The van der Waals surface area contributed by atoms with Gasteiger partial charge in [-0.2, -0.15) is 0 Å². The van der Waals surface area contributed by atoms with Gasteiger partial charge in [0.25, 0.3) is 0 Å². The number of rotatable bonds is 2. The first-order valence-electron chi connectivity index (χ1n) is 15.5. The number of amides is 3. The topological polar surface area (TPSA) is 106 Å². The predicted molar refractivity (Wildman–Crippen MR) is 158 cm³/mol. The molecule has 3 amide bonds. The number of nitrogens with one attached hydrogen (secondary N) is 2. The van der Waals surface area contributed by atoms with Crippen LogP contribution in [0.15, 0.2) is 0 Å². The van der Waals surface area contributed by atoms with Gasteiger partial charge in [0.15, 0.2) is 0 Å². The van der Waals surface area contributed by atoms with Crippen LogP contribution >= 0.6 is 0 Å². The van der Waals surface area contributed by atoms with E-state index in [-0.39, 0.29) is 80.9 Å². The Balaban J connectivity index is 0.00000242. The van der Waals surface area contributed by atoms with E-state index in [9.17, 15) is 14.4 Å². The second-order valence-electron chi connectivity index (χ2n) is 14.8. The molecular weight excluding hydrogens is 610 g/mol. The van der Waals surface area contributed by atoms with Crippen molar-refractivity contribution >= 4 is 25.0 Å².